The first-order chi connectivity index (χ1) is 16.6. The van der Waals surface area contributed by atoms with E-state index in [4.69, 9.17) is 9.84 Å². The minimum Gasteiger partial charge on any atom is -0.481 e. The highest BCUT2D eigenvalue weighted by Gasteiger charge is 2.11. The molecular formula is C30H54O4. The monoisotopic (exact) mass is 478 g/mol. The third-order valence-electron chi connectivity index (χ3n) is 6.16. The number of carbonyl (C=O) groups is 2. The molecule has 0 aliphatic carbocycles. The highest BCUT2D eigenvalue weighted by Crippen LogP contribution is 2.14. The Morgan fingerprint density at radius 3 is 1.88 bits per heavy atom. The van der Waals surface area contributed by atoms with Gasteiger partial charge < -0.3 is 9.84 Å². The average Bonchev–Trinajstić information content (AvgIpc) is 2.81. The van der Waals surface area contributed by atoms with Crippen molar-refractivity contribution in [2.45, 2.75) is 155 Å². The van der Waals surface area contributed by atoms with Gasteiger partial charge in [0.2, 0.25) is 0 Å². The van der Waals surface area contributed by atoms with E-state index in [0.29, 0.717) is 6.42 Å². The van der Waals surface area contributed by atoms with Crippen LogP contribution in [0.2, 0.25) is 0 Å². The molecule has 0 aromatic heterocycles. The molecule has 0 aliphatic rings. The van der Waals surface area contributed by atoms with Gasteiger partial charge in [-0.15, -0.1) is 0 Å². The summed E-state index contributed by atoms with van der Waals surface area (Å²) in [5.41, 5.74) is 0. The molecule has 1 N–H and O–H groups in total. The Kier molecular flexibility index (Phi) is 24.8. The Balaban J connectivity index is 4.20. The van der Waals surface area contributed by atoms with E-state index in [1.807, 2.05) is 6.08 Å². The molecule has 0 aromatic carbocycles. The van der Waals surface area contributed by atoms with Crippen LogP contribution in [0, 0.1) is 0 Å². The van der Waals surface area contributed by atoms with Gasteiger partial charge >= 0.3 is 11.9 Å². The fraction of sp³-hybridized carbons (Fsp3) is 0.800. The molecular weight excluding hydrogens is 424 g/mol. The third-order valence-corrected chi connectivity index (χ3v) is 6.16. The summed E-state index contributed by atoms with van der Waals surface area (Å²) in [6.45, 7) is 4.46. The second-order valence-corrected chi connectivity index (χ2v) is 9.58. The van der Waals surface area contributed by atoms with Crippen LogP contribution >= 0.6 is 0 Å². The van der Waals surface area contributed by atoms with E-state index in [0.717, 1.165) is 57.8 Å². The number of rotatable bonds is 25. The number of ether oxygens (including phenoxy) is 1. The van der Waals surface area contributed by atoms with Gasteiger partial charge in [-0.1, -0.05) is 109 Å². The van der Waals surface area contributed by atoms with Crippen LogP contribution in [0.5, 0.6) is 0 Å². The number of hydrogen-bond donors (Lipinski definition) is 1. The van der Waals surface area contributed by atoms with Crippen LogP contribution in [-0.4, -0.2) is 23.1 Å². The van der Waals surface area contributed by atoms with Crippen molar-refractivity contribution in [3.05, 3.63) is 24.3 Å². The average molecular weight is 479 g/mol. The van der Waals surface area contributed by atoms with E-state index < -0.39 is 5.97 Å². The van der Waals surface area contributed by atoms with E-state index in [1.54, 1.807) is 0 Å². The fourth-order valence-corrected chi connectivity index (χ4v) is 4.01. The number of allylic oxidation sites excluding steroid dienone is 3. The second kappa shape index (κ2) is 26.0. The lowest BCUT2D eigenvalue weighted by atomic mass is 10.1. The topological polar surface area (TPSA) is 63.6 Å². The van der Waals surface area contributed by atoms with E-state index in [2.05, 4.69) is 32.1 Å². The van der Waals surface area contributed by atoms with Crippen LogP contribution in [0.25, 0.3) is 0 Å². The summed E-state index contributed by atoms with van der Waals surface area (Å²) in [4.78, 5) is 23.0. The van der Waals surface area contributed by atoms with Gasteiger partial charge in [0, 0.05) is 12.8 Å². The number of unbranched alkanes of at least 4 members (excludes halogenated alkanes) is 14. The van der Waals surface area contributed by atoms with Crippen LogP contribution in [0.1, 0.15) is 149 Å². The van der Waals surface area contributed by atoms with Crippen LogP contribution < -0.4 is 0 Å². The van der Waals surface area contributed by atoms with Gasteiger partial charge in [-0.25, -0.2) is 0 Å². The number of carboxylic acids is 1. The molecule has 4 heteroatoms. The van der Waals surface area contributed by atoms with Crippen LogP contribution in [-0.2, 0) is 14.3 Å². The highest BCUT2D eigenvalue weighted by molar-refractivity contribution is 5.69. The van der Waals surface area contributed by atoms with Gasteiger partial charge in [-0.3, -0.25) is 9.59 Å². The van der Waals surface area contributed by atoms with Crippen molar-refractivity contribution in [1.82, 2.24) is 0 Å². The highest BCUT2D eigenvalue weighted by atomic mass is 16.5. The Bertz CT molecular complexity index is 524. The SMILES string of the molecule is CCCCC/C=C\C/C=C\C(CCCCCCC(=O)O)OC(=O)CCCCCCCCCCC. The molecule has 0 fully saturated rings. The molecule has 0 amide bonds. The summed E-state index contributed by atoms with van der Waals surface area (Å²) in [7, 11) is 0. The summed E-state index contributed by atoms with van der Waals surface area (Å²) >= 11 is 0. The van der Waals surface area contributed by atoms with Crippen molar-refractivity contribution < 1.29 is 19.4 Å². The predicted octanol–water partition coefficient (Wildman–Crippen LogP) is 9.33. The molecule has 4 nitrogen and oxygen atoms in total. The van der Waals surface area contributed by atoms with Gasteiger partial charge in [-0.05, 0) is 51.0 Å². The standard InChI is InChI=1S/C30H54O4/c1-3-5-7-9-11-13-15-17-23-27-30(33)34-28(25-21-18-19-22-26-29(31)32)24-20-16-14-12-10-8-6-4-2/h12,14,20,24,28H,3-11,13,15-19,21-23,25-27H2,1-2H3,(H,31,32)/b14-12-,24-20-. The van der Waals surface area contributed by atoms with Gasteiger partial charge in [0.25, 0.3) is 0 Å². The molecule has 0 heterocycles. The largest absolute Gasteiger partial charge is 0.481 e. The summed E-state index contributed by atoms with van der Waals surface area (Å²) in [5.74, 6) is -0.812. The molecule has 1 unspecified atom stereocenters. The van der Waals surface area contributed by atoms with E-state index in [-0.39, 0.29) is 18.5 Å². The van der Waals surface area contributed by atoms with Crippen molar-refractivity contribution in [2.24, 2.45) is 0 Å². The van der Waals surface area contributed by atoms with E-state index in [9.17, 15) is 9.59 Å². The molecule has 0 rings (SSSR count). The maximum Gasteiger partial charge on any atom is 0.306 e. The van der Waals surface area contributed by atoms with Gasteiger partial charge in [0.15, 0.2) is 0 Å². The minimum atomic E-state index is -0.728. The van der Waals surface area contributed by atoms with E-state index in [1.165, 1.54) is 64.2 Å². The summed E-state index contributed by atoms with van der Waals surface area (Å²) < 4.78 is 5.78. The fourth-order valence-electron chi connectivity index (χ4n) is 4.01. The Morgan fingerprint density at radius 1 is 0.676 bits per heavy atom. The molecule has 1 atom stereocenters. The van der Waals surface area contributed by atoms with Gasteiger partial charge in [0.1, 0.15) is 6.10 Å². The lowest BCUT2D eigenvalue weighted by Crippen LogP contribution is -2.16. The van der Waals surface area contributed by atoms with Gasteiger partial charge in [0.05, 0.1) is 0 Å². The quantitative estimate of drug-likeness (QED) is 0.0806. The van der Waals surface area contributed by atoms with Gasteiger partial charge in [-0.2, -0.15) is 0 Å². The third kappa shape index (κ3) is 25.1. The minimum absolute atomic E-state index is 0.0846. The maximum atomic E-state index is 12.4. The summed E-state index contributed by atoms with van der Waals surface area (Å²) in [6.07, 6.45) is 30.5. The molecule has 0 spiro atoms. The molecule has 0 radical (unpaired) electrons. The van der Waals surface area contributed by atoms with Crippen molar-refractivity contribution in [3.8, 4) is 0 Å². The Labute approximate surface area is 210 Å². The Morgan fingerprint density at radius 2 is 1.24 bits per heavy atom. The lowest BCUT2D eigenvalue weighted by molar-refractivity contribution is -0.147. The van der Waals surface area contributed by atoms with Crippen molar-refractivity contribution >= 4 is 11.9 Å². The number of aliphatic carboxylic acids is 1. The number of carbonyl (C=O) groups excluding carboxylic acids is 1. The number of esters is 1. The molecule has 0 aliphatic heterocycles. The molecule has 198 valence electrons. The molecule has 0 saturated heterocycles. The van der Waals surface area contributed by atoms with Crippen LogP contribution in [0.15, 0.2) is 24.3 Å². The van der Waals surface area contributed by atoms with Crippen molar-refractivity contribution in [2.75, 3.05) is 0 Å². The zero-order chi connectivity index (χ0) is 25.1. The zero-order valence-corrected chi connectivity index (χ0v) is 22.4. The molecule has 0 saturated carbocycles. The first-order valence-electron chi connectivity index (χ1n) is 14.3. The van der Waals surface area contributed by atoms with E-state index >= 15 is 0 Å². The zero-order valence-electron chi connectivity index (χ0n) is 22.4. The molecule has 34 heavy (non-hydrogen) atoms. The summed E-state index contributed by atoms with van der Waals surface area (Å²) in [5, 5.41) is 8.75. The normalized spacial score (nSPS) is 12.5. The lowest BCUT2D eigenvalue weighted by Gasteiger charge is -2.14. The first kappa shape index (κ1) is 32.4. The van der Waals surface area contributed by atoms with Crippen molar-refractivity contribution in [3.63, 3.8) is 0 Å². The summed E-state index contributed by atoms with van der Waals surface area (Å²) in [6, 6.07) is 0. The van der Waals surface area contributed by atoms with Crippen LogP contribution in [0.4, 0.5) is 0 Å². The maximum absolute atomic E-state index is 12.4. The molecule has 0 bridgehead atoms. The smallest absolute Gasteiger partial charge is 0.306 e. The molecule has 0 aromatic rings. The number of carboxylic acid groups (broad SMARTS) is 1. The first-order valence-corrected chi connectivity index (χ1v) is 14.3. The van der Waals surface area contributed by atoms with Crippen LogP contribution in [0.3, 0.4) is 0 Å². The predicted molar refractivity (Wildman–Crippen MR) is 144 cm³/mol. The van der Waals surface area contributed by atoms with Crippen molar-refractivity contribution in [1.29, 1.82) is 0 Å². The Hall–Kier alpha value is -1.58. The number of hydrogen-bond acceptors (Lipinski definition) is 3. The second-order valence-electron chi connectivity index (χ2n) is 9.58.